The van der Waals surface area contributed by atoms with E-state index in [1.54, 1.807) is 0 Å². The molecule has 3 N–H and O–H groups in total. The molecule has 0 saturated carbocycles. The van der Waals surface area contributed by atoms with Crippen LogP contribution >= 0.6 is 24.0 Å². The lowest BCUT2D eigenvalue weighted by Gasteiger charge is -2.10. The maximum Gasteiger partial charge on any atom is 0.227 e. The number of hydrogen-bond acceptors (Lipinski definition) is 3. The molecule has 1 rings (SSSR count). The minimum atomic E-state index is -0.0489. The Morgan fingerprint density at radius 1 is 1.77 bits per heavy atom. The summed E-state index contributed by atoms with van der Waals surface area (Å²) in [6.45, 7) is 2.17. The van der Waals surface area contributed by atoms with Crippen LogP contribution in [0.3, 0.4) is 0 Å². The quantitative estimate of drug-likeness (QED) is 0.684. The Bertz CT molecular complexity index is 220. The molecular formula is C8H14N2OS2. The van der Waals surface area contributed by atoms with Crippen molar-refractivity contribution in [2.24, 2.45) is 5.73 Å². The molecule has 1 amide bonds. The number of carbonyl (C=O) groups excluding carboxylic acids is 1. The fourth-order valence-corrected chi connectivity index (χ4v) is 2.63. The molecule has 1 saturated heterocycles. The summed E-state index contributed by atoms with van der Waals surface area (Å²) in [6, 6.07) is 0.307. The van der Waals surface area contributed by atoms with Gasteiger partial charge in [-0.2, -0.15) is 11.8 Å². The van der Waals surface area contributed by atoms with E-state index in [1.807, 2.05) is 11.8 Å². The second-order valence-corrected chi connectivity index (χ2v) is 5.28. The normalized spacial score (nSPS) is 27.2. The molecule has 0 aromatic heterocycles. The summed E-state index contributed by atoms with van der Waals surface area (Å²) in [5, 5.41) is 3.56. The van der Waals surface area contributed by atoms with Crippen molar-refractivity contribution in [2.75, 3.05) is 5.75 Å². The van der Waals surface area contributed by atoms with Gasteiger partial charge in [0.1, 0.15) is 0 Å². The maximum atomic E-state index is 11.2. The molecule has 0 aromatic rings. The SMILES string of the molecule is CC1CC(NC(=O)CC(N)=S)CS1. The molecule has 1 heterocycles. The molecule has 74 valence electrons. The van der Waals surface area contributed by atoms with Crippen LogP contribution in [-0.2, 0) is 4.79 Å². The Kier molecular flexibility index (Phi) is 3.99. The molecule has 0 radical (unpaired) electrons. The number of carbonyl (C=O) groups is 1. The van der Waals surface area contributed by atoms with E-state index in [9.17, 15) is 4.79 Å². The molecule has 0 aromatic carbocycles. The van der Waals surface area contributed by atoms with Gasteiger partial charge in [-0.3, -0.25) is 4.79 Å². The first-order valence-electron chi connectivity index (χ1n) is 4.27. The first-order valence-corrected chi connectivity index (χ1v) is 5.73. The third kappa shape index (κ3) is 3.95. The fraction of sp³-hybridized carbons (Fsp3) is 0.750. The largest absolute Gasteiger partial charge is 0.393 e. The zero-order chi connectivity index (χ0) is 9.84. The van der Waals surface area contributed by atoms with E-state index >= 15 is 0 Å². The summed E-state index contributed by atoms with van der Waals surface area (Å²) in [4.78, 5) is 11.5. The van der Waals surface area contributed by atoms with Crippen LogP contribution in [0, 0.1) is 0 Å². The smallest absolute Gasteiger partial charge is 0.227 e. The van der Waals surface area contributed by atoms with E-state index in [4.69, 9.17) is 5.73 Å². The number of nitrogens with two attached hydrogens (primary N) is 1. The van der Waals surface area contributed by atoms with Crippen LogP contribution in [0.25, 0.3) is 0 Å². The Morgan fingerprint density at radius 2 is 2.46 bits per heavy atom. The molecule has 3 nitrogen and oxygen atoms in total. The van der Waals surface area contributed by atoms with Crippen molar-refractivity contribution in [1.82, 2.24) is 5.32 Å². The molecule has 0 spiro atoms. The van der Waals surface area contributed by atoms with Crippen LogP contribution in [0.4, 0.5) is 0 Å². The average molecular weight is 218 g/mol. The third-order valence-electron chi connectivity index (χ3n) is 1.90. The van der Waals surface area contributed by atoms with Crippen LogP contribution in [0.5, 0.6) is 0 Å². The van der Waals surface area contributed by atoms with Crippen molar-refractivity contribution < 1.29 is 4.79 Å². The second kappa shape index (κ2) is 4.81. The summed E-state index contributed by atoms with van der Waals surface area (Å²) in [7, 11) is 0. The van der Waals surface area contributed by atoms with Crippen molar-refractivity contribution in [3.8, 4) is 0 Å². The number of amides is 1. The molecule has 5 heteroatoms. The summed E-state index contributed by atoms with van der Waals surface area (Å²) in [6.07, 6.45) is 1.22. The topological polar surface area (TPSA) is 55.1 Å². The molecular weight excluding hydrogens is 204 g/mol. The van der Waals surface area contributed by atoms with E-state index in [-0.39, 0.29) is 17.3 Å². The lowest BCUT2D eigenvalue weighted by molar-refractivity contribution is -0.120. The lowest BCUT2D eigenvalue weighted by Crippen LogP contribution is -2.36. The van der Waals surface area contributed by atoms with Gasteiger partial charge in [0.05, 0.1) is 11.4 Å². The van der Waals surface area contributed by atoms with E-state index < -0.39 is 0 Å². The van der Waals surface area contributed by atoms with E-state index in [0.29, 0.717) is 11.3 Å². The number of thiocarbonyl (C=S) groups is 1. The summed E-state index contributed by atoms with van der Waals surface area (Å²) < 4.78 is 0. The first-order chi connectivity index (χ1) is 6.08. The van der Waals surface area contributed by atoms with Gasteiger partial charge in [-0.15, -0.1) is 0 Å². The van der Waals surface area contributed by atoms with Crippen molar-refractivity contribution in [3.05, 3.63) is 0 Å². The van der Waals surface area contributed by atoms with Gasteiger partial charge in [0.15, 0.2) is 0 Å². The summed E-state index contributed by atoms with van der Waals surface area (Å²) in [5.74, 6) is 0.955. The van der Waals surface area contributed by atoms with Crippen LogP contribution < -0.4 is 11.1 Å². The third-order valence-corrected chi connectivity index (χ3v) is 3.40. The highest BCUT2D eigenvalue weighted by Gasteiger charge is 2.23. The highest BCUT2D eigenvalue weighted by molar-refractivity contribution is 8.00. The van der Waals surface area contributed by atoms with Crippen LogP contribution in [-0.4, -0.2) is 27.9 Å². The van der Waals surface area contributed by atoms with Crippen LogP contribution in [0.2, 0.25) is 0 Å². The molecule has 1 aliphatic heterocycles. The molecule has 2 unspecified atom stereocenters. The van der Waals surface area contributed by atoms with Gasteiger partial charge >= 0.3 is 0 Å². The van der Waals surface area contributed by atoms with Gasteiger partial charge < -0.3 is 11.1 Å². The van der Waals surface area contributed by atoms with Crippen molar-refractivity contribution >= 4 is 34.9 Å². The van der Waals surface area contributed by atoms with E-state index in [2.05, 4.69) is 24.5 Å². The van der Waals surface area contributed by atoms with Gasteiger partial charge in [0.25, 0.3) is 0 Å². The molecule has 0 aliphatic carbocycles. The van der Waals surface area contributed by atoms with Crippen LogP contribution in [0.15, 0.2) is 0 Å². The Hall–Kier alpha value is -0.290. The second-order valence-electron chi connectivity index (χ2n) is 3.29. The maximum absolute atomic E-state index is 11.2. The van der Waals surface area contributed by atoms with Gasteiger partial charge in [0.2, 0.25) is 5.91 Å². The number of nitrogens with one attached hydrogen (secondary N) is 1. The standard InChI is InChI=1S/C8H14N2OS2/c1-5-2-6(4-13-5)10-8(11)3-7(9)12/h5-6H,2-4H2,1H3,(H2,9,12)(H,10,11). The van der Waals surface area contributed by atoms with E-state index in [1.165, 1.54) is 0 Å². The van der Waals surface area contributed by atoms with Crippen molar-refractivity contribution in [1.29, 1.82) is 0 Å². The van der Waals surface area contributed by atoms with Gasteiger partial charge in [0, 0.05) is 17.0 Å². The summed E-state index contributed by atoms with van der Waals surface area (Å²) in [5.41, 5.74) is 5.26. The zero-order valence-electron chi connectivity index (χ0n) is 7.58. The predicted octanol–water partition coefficient (Wildman–Crippen LogP) is 0.673. The average Bonchev–Trinajstić information content (AvgIpc) is 2.33. The zero-order valence-corrected chi connectivity index (χ0v) is 9.21. The Balaban J connectivity index is 2.24. The lowest BCUT2D eigenvalue weighted by atomic mass is 10.2. The molecule has 2 atom stereocenters. The molecule has 0 bridgehead atoms. The number of hydrogen-bond donors (Lipinski definition) is 2. The molecule has 1 aliphatic rings. The van der Waals surface area contributed by atoms with Gasteiger partial charge in [-0.05, 0) is 6.42 Å². The number of thioether (sulfide) groups is 1. The minimum Gasteiger partial charge on any atom is -0.393 e. The highest BCUT2D eigenvalue weighted by atomic mass is 32.2. The monoisotopic (exact) mass is 218 g/mol. The van der Waals surface area contributed by atoms with E-state index in [0.717, 1.165) is 12.2 Å². The fourth-order valence-electron chi connectivity index (χ4n) is 1.35. The molecule has 13 heavy (non-hydrogen) atoms. The minimum absolute atomic E-state index is 0.0489. The molecule has 1 fully saturated rings. The number of rotatable bonds is 3. The predicted molar refractivity (Wildman–Crippen MR) is 59.9 cm³/mol. The van der Waals surface area contributed by atoms with Crippen molar-refractivity contribution in [2.45, 2.75) is 31.1 Å². The van der Waals surface area contributed by atoms with Gasteiger partial charge in [-0.25, -0.2) is 0 Å². The first kappa shape index (κ1) is 10.8. The van der Waals surface area contributed by atoms with Crippen LogP contribution in [0.1, 0.15) is 19.8 Å². The Morgan fingerprint density at radius 3 is 2.92 bits per heavy atom. The van der Waals surface area contributed by atoms with Gasteiger partial charge in [-0.1, -0.05) is 19.1 Å². The Labute approximate surface area is 87.8 Å². The van der Waals surface area contributed by atoms with Crippen molar-refractivity contribution in [3.63, 3.8) is 0 Å². The highest BCUT2D eigenvalue weighted by Crippen LogP contribution is 2.25. The summed E-state index contributed by atoms with van der Waals surface area (Å²) >= 11 is 6.54.